The zero-order valence-electron chi connectivity index (χ0n) is 12.9. The smallest absolute Gasteiger partial charge is 0.307 e. The summed E-state index contributed by atoms with van der Waals surface area (Å²) in [5.74, 6) is -0.832. The molecule has 0 spiro atoms. The number of unbranched alkanes of at least 4 members (excludes halogenated alkanes) is 8. The van der Waals surface area contributed by atoms with E-state index in [0.717, 1.165) is 13.0 Å². The van der Waals surface area contributed by atoms with Crippen molar-refractivity contribution in [3.05, 3.63) is 17.9 Å². The van der Waals surface area contributed by atoms with E-state index < -0.39 is 5.97 Å². The van der Waals surface area contributed by atoms with Gasteiger partial charge in [0.15, 0.2) is 0 Å². The van der Waals surface area contributed by atoms with Crippen LogP contribution in [0.4, 0.5) is 0 Å². The highest BCUT2D eigenvalue weighted by Crippen LogP contribution is 2.09. The predicted octanol–water partition coefficient (Wildman–Crippen LogP) is 4.72. The Morgan fingerprint density at radius 2 is 1.60 bits per heavy atom. The van der Waals surface area contributed by atoms with Crippen LogP contribution >= 0.6 is 0 Å². The molecule has 0 atom stereocenters. The SMILES string of the molecule is CCCCCCCCCCCOCC=C=CCC(=O)O. The van der Waals surface area contributed by atoms with E-state index in [1.807, 2.05) is 0 Å². The second-order valence-electron chi connectivity index (χ2n) is 5.08. The van der Waals surface area contributed by atoms with Crippen molar-refractivity contribution in [1.29, 1.82) is 0 Å². The van der Waals surface area contributed by atoms with Gasteiger partial charge in [-0.05, 0) is 18.6 Å². The molecule has 0 saturated carbocycles. The van der Waals surface area contributed by atoms with Crippen molar-refractivity contribution in [3.63, 3.8) is 0 Å². The molecule has 0 unspecified atom stereocenters. The van der Waals surface area contributed by atoms with Crippen molar-refractivity contribution < 1.29 is 14.6 Å². The fraction of sp³-hybridized carbons (Fsp3) is 0.765. The van der Waals surface area contributed by atoms with Crippen LogP contribution in [0, 0.1) is 0 Å². The van der Waals surface area contributed by atoms with Gasteiger partial charge in [-0.25, -0.2) is 0 Å². The molecule has 116 valence electrons. The van der Waals surface area contributed by atoms with E-state index in [1.54, 1.807) is 6.08 Å². The summed E-state index contributed by atoms with van der Waals surface area (Å²) in [7, 11) is 0. The summed E-state index contributed by atoms with van der Waals surface area (Å²) in [4.78, 5) is 10.2. The van der Waals surface area contributed by atoms with Crippen molar-refractivity contribution in [2.75, 3.05) is 13.2 Å². The van der Waals surface area contributed by atoms with Crippen LogP contribution in [0.3, 0.4) is 0 Å². The Balaban J connectivity index is 3.13. The molecular formula is C17H30O3. The fourth-order valence-electron chi connectivity index (χ4n) is 1.93. The maximum Gasteiger partial charge on any atom is 0.307 e. The third-order valence-electron chi connectivity index (χ3n) is 3.11. The van der Waals surface area contributed by atoms with Gasteiger partial charge >= 0.3 is 5.97 Å². The number of carboxylic acids is 1. The highest BCUT2D eigenvalue weighted by Gasteiger charge is 1.92. The van der Waals surface area contributed by atoms with E-state index in [2.05, 4.69) is 12.7 Å². The first-order valence-corrected chi connectivity index (χ1v) is 7.96. The second-order valence-corrected chi connectivity index (χ2v) is 5.08. The van der Waals surface area contributed by atoms with Gasteiger partial charge in [-0.2, -0.15) is 0 Å². The monoisotopic (exact) mass is 282 g/mol. The summed E-state index contributed by atoms with van der Waals surface area (Å²) < 4.78 is 5.41. The van der Waals surface area contributed by atoms with E-state index in [0.29, 0.717) is 6.61 Å². The van der Waals surface area contributed by atoms with Crippen molar-refractivity contribution in [3.8, 4) is 0 Å². The summed E-state index contributed by atoms with van der Waals surface area (Å²) in [6.07, 6.45) is 15.1. The lowest BCUT2D eigenvalue weighted by Gasteiger charge is -2.02. The van der Waals surface area contributed by atoms with Gasteiger partial charge in [0.05, 0.1) is 13.0 Å². The molecule has 0 aliphatic heterocycles. The highest BCUT2D eigenvalue weighted by molar-refractivity contribution is 5.68. The number of carbonyl (C=O) groups is 1. The van der Waals surface area contributed by atoms with Crippen LogP contribution < -0.4 is 0 Å². The van der Waals surface area contributed by atoms with Crippen LogP contribution in [0.1, 0.15) is 71.1 Å². The average Bonchev–Trinajstić information content (AvgIpc) is 2.43. The molecule has 0 aliphatic rings. The molecule has 0 radical (unpaired) electrons. The van der Waals surface area contributed by atoms with Crippen molar-refractivity contribution in [2.24, 2.45) is 0 Å². The Morgan fingerprint density at radius 1 is 1.00 bits per heavy atom. The standard InChI is InChI=1S/C17H30O3/c1-2-3-4-5-6-7-8-9-12-15-20-16-13-10-11-14-17(18)19/h11,13H,2-9,12,14-16H2,1H3,(H,18,19). The Hall–Kier alpha value is -1.05. The largest absolute Gasteiger partial charge is 0.481 e. The maximum atomic E-state index is 10.2. The molecule has 0 amide bonds. The third kappa shape index (κ3) is 16.9. The Bertz CT molecular complexity index is 278. The topological polar surface area (TPSA) is 46.5 Å². The normalized spacial score (nSPS) is 10.1. The lowest BCUT2D eigenvalue weighted by atomic mass is 10.1. The number of hydrogen-bond donors (Lipinski definition) is 1. The molecule has 0 aromatic carbocycles. The number of hydrogen-bond acceptors (Lipinski definition) is 2. The maximum absolute atomic E-state index is 10.2. The van der Waals surface area contributed by atoms with E-state index in [4.69, 9.17) is 9.84 Å². The first-order chi connectivity index (χ1) is 9.77. The number of carboxylic acid groups (broad SMARTS) is 1. The molecule has 0 rings (SSSR count). The molecular weight excluding hydrogens is 252 g/mol. The minimum atomic E-state index is -0.832. The minimum absolute atomic E-state index is 0.0226. The molecule has 0 bridgehead atoms. The van der Waals surface area contributed by atoms with Crippen molar-refractivity contribution in [2.45, 2.75) is 71.1 Å². The Morgan fingerprint density at radius 3 is 2.20 bits per heavy atom. The average molecular weight is 282 g/mol. The van der Waals surface area contributed by atoms with Gasteiger partial charge in [-0.15, -0.1) is 5.73 Å². The lowest BCUT2D eigenvalue weighted by Crippen LogP contribution is -1.94. The van der Waals surface area contributed by atoms with Crippen LogP contribution in [0.5, 0.6) is 0 Å². The summed E-state index contributed by atoms with van der Waals surface area (Å²) in [5.41, 5.74) is 2.80. The summed E-state index contributed by atoms with van der Waals surface area (Å²) >= 11 is 0. The van der Waals surface area contributed by atoms with Gasteiger partial charge in [0.2, 0.25) is 0 Å². The van der Waals surface area contributed by atoms with Gasteiger partial charge in [-0.3, -0.25) is 4.79 Å². The van der Waals surface area contributed by atoms with Crippen LogP contribution in [0.2, 0.25) is 0 Å². The van der Waals surface area contributed by atoms with Crippen molar-refractivity contribution >= 4 is 5.97 Å². The molecule has 0 saturated heterocycles. The fourth-order valence-corrected chi connectivity index (χ4v) is 1.93. The highest BCUT2D eigenvalue weighted by atomic mass is 16.5. The van der Waals surface area contributed by atoms with Gasteiger partial charge in [0, 0.05) is 6.61 Å². The van der Waals surface area contributed by atoms with Gasteiger partial charge in [-0.1, -0.05) is 58.3 Å². The zero-order chi connectivity index (χ0) is 14.9. The predicted molar refractivity (Wildman–Crippen MR) is 83.0 cm³/mol. The van der Waals surface area contributed by atoms with Crippen molar-refractivity contribution in [1.82, 2.24) is 0 Å². The molecule has 0 fully saturated rings. The first kappa shape index (κ1) is 18.9. The second kappa shape index (κ2) is 16.0. The van der Waals surface area contributed by atoms with E-state index in [9.17, 15) is 4.79 Å². The summed E-state index contributed by atoms with van der Waals surface area (Å²) in [6, 6.07) is 0. The lowest BCUT2D eigenvalue weighted by molar-refractivity contribution is -0.135. The quantitative estimate of drug-likeness (QED) is 0.370. The van der Waals surface area contributed by atoms with Crippen LogP contribution in [0.25, 0.3) is 0 Å². The van der Waals surface area contributed by atoms with Crippen LogP contribution in [0.15, 0.2) is 17.9 Å². The number of rotatable bonds is 14. The van der Waals surface area contributed by atoms with Crippen LogP contribution in [-0.4, -0.2) is 24.3 Å². The molecule has 3 heteroatoms. The molecule has 20 heavy (non-hydrogen) atoms. The number of ether oxygens (including phenoxy) is 1. The van der Waals surface area contributed by atoms with Crippen LogP contribution in [-0.2, 0) is 9.53 Å². The van der Waals surface area contributed by atoms with E-state index in [1.165, 1.54) is 57.4 Å². The Labute approximate surface area is 123 Å². The molecule has 0 aliphatic carbocycles. The molecule has 0 heterocycles. The molecule has 0 aromatic heterocycles. The molecule has 3 nitrogen and oxygen atoms in total. The molecule has 1 N–H and O–H groups in total. The first-order valence-electron chi connectivity index (χ1n) is 7.96. The van der Waals surface area contributed by atoms with E-state index in [-0.39, 0.29) is 6.42 Å². The van der Waals surface area contributed by atoms with E-state index >= 15 is 0 Å². The summed E-state index contributed by atoms with van der Waals surface area (Å²) in [5, 5.41) is 8.40. The number of aliphatic carboxylic acids is 1. The third-order valence-corrected chi connectivity index (χ3v) is 3.11. The zero-order valence-corrected chi connectivity index (χ0v) is 12.9. The van der Waals surface area contributed by atoms with Gasteiger partial charge < -0.3 is 9.84 Å². The molecule has 0 aromatic rings. The van der Waals surface area contributed by atoms with Gasteiger partial charge in [0.1, 0.15) is 0 Å². The summed E-state index contributed by atoms with van der Waals surface area (Å²) in [6.45, 7) is 3.55. The minimum Gasteiger partial charge on any atom is -0.481 e. The van der Waals surface area contributed by atoms with Gasteiger partial charge in [0.25, 0.3) is 0 Å². The Kier molecular flexibility index (Phi) is 15.2.